The monoisotopic (exact) mass is 321 g/mol. The number of urea groups is 1. The molecule has 0 aromatic rings. The maximum absolute atomic E-state index is 12.6. The van der Waals surface area contributed by atoms with Crippen molar-refractivity contribution >= 4 is 11.9 Å². The summed E-state index contributed by atoms with van der Waals surface area (Å²) in [7, 11) is 0. The summed E-state index contributed by atoms with van der Waals surface area (Å²) in [5.74, 6) is 2.65. The van der Waals surface area contributed by atoms with Gasteiger partial charge < -0.3 is 16.4 Å². The number of nitrogens with two attached hydrogens (primary N) is 1. The molecule has 4 N–H and O–H groups in total. The maximum Gasteiger partial charge on any atom is 0.312 e. The number of hydrogen-bond acceptors (Lipinski definition) is 2. The van der Waals surface area contributed by atoms with E-state index in [0.29, 0.717) is 5.41 Å². The fourth-order valence-corrected chi connectivity index (χ4v) is 5.75. The van der Waals surface area contributed by atoms with Crippen LogP contribution in [0.3, 0.4) is 0 Å². The Bertz CT molecular complexity index is 442. The van der Waals surface area contributed by atoms with Gasteiger partial charge in [0.15, 0.2) is 0 Å². The van der Waals surface area contributed by atoms with E-state index in [1.165, 1.54) is 38.5 Å². The molecule has 5 nitrogen and oxygen atoms in total. The summed E-state index contributed by atoms with van der Waals surface area (Å²) in [6.07, 6.45) is 8.88. The van der Waals surface area contributed by atoms with Gasteiger partial charge in [0.05, 0.1) is 0 Å². The molecule has 0 aromatic carbocycles. The van der Waals surface area contributed by atoms with Gasteiger partial charge in [0.25, 0.3) is 0 Å². The van der Waals surface area contributed by atoms with Crippen molar-refractivity contribution < 1.29 is 9.59 Å². The molecule has 4 fully saturated rings. The molecule has 4 bridgehead atoms. The highest BCUT2D eigenvalue weighted by molar-refractivity contribution is 5.86. The normalized spacial score (nSPS) is 37.2. The third kappa shape index (κ3) is 3.48. The zero-order valence-corrected chi connectivity index (χ0v) is 14.4. The van der Waals surface area contributed by atoms with Crippen molar-refractivity contribution in [1.29, 1.82) is 0 Å². The van der Waals surface area contributed by atoms with Gasteiger partial charge in [-0.15, -0.1) is 0 Å². The molecule has 5 heteroatoms. The van der Waals surface area contributed by atoms with Crippen LogP contribution in [0.2, 0.25) is 0 Å². The fraction of sp³-hybridized carbons (Fsp3) is 0.889. The molecule has 0 radical (unpaired) electrons. The van der Waals surface area contributed by atoms with Crippen molar-refractivity contribution in [3.05, 3.63) is 0 Å². The van der Waals surface area contributed by atoms with E-state index in [9.17, 15) is 9.59 Å². The fourth-order valence-electron chi connectivity index (χ4n) is 5.75. The summed E-state index contributed by atoms with van der Waals surface area (Å²) in [6, 6.07) is -1.15. The van der Waals surface area contributed by atoms with Crippen LogP contribution in [0.15, 0.2) is 0 Å². The molecular formula is C18H31N3O2. The molecule has 2 unspecified atom stereocenters. The highest BCUT2D eigenvalue weighted by Gasteiger charge is 2.50. The van der Waals surface area contributed by atoms with Gasteiger partial charge in [0.1, 0.15) is 6.04 Å². The molecule has 0 heterocycles. The first-order chi connectivity index (χ1) is 10.9. The lowest BCUT2D eigenvalue weighted by molar-refractivity contribution is -0.126. The van der Waals surface area contributed by atoms with Crippen LogP contribution in [0.4, 0.5) is 4.79 Å². The molecule has 4 rings (SSSR count). The van der Waals surface area contributed by atoms with E-state index >= 15 is 0 Å². The standard InChI is InChI=1S/C18H31N3O2/c1-3-11(2)15(21-17(19)23)16(22)20-10-18-7-12-4-13(8-18)6-14(5-12)9-18/h11-15H,3-10H2,1-2H3,(H,20,22)(H3,19,21,23). The second-order valence-corrected chi connectivity index (χ2v) is 8.51. The van der Waals surface area contributed by atoms with Crippen LogP contribution >= 0.6 is 0 Å². The van der Waals surface area contributed by atoms with Crippen molar-refractivity contribution in [3.63, 3.8) is 0 Å². The summed E-state index contributed by atoms with van der Waals surface area (Å²) in [5, 5.41) is 5.77. The van der Waals surface area contributed by atoms with Gasteiger partial charge in [-0.1, -0.05) is 20.3 Å². The van der Waals surface area contributed by atoms with Crippen LogP contribution in [-0.4, -0.2) is 24.5 Å². The van der Waals surface area contributed by atoms with Crippen LogP contribution < -0.4 is 16.4 Å². The van der Waals surface area contributed by atoms with Crippen molar-refractivity contribution in [1.82, 2.24) is 10.6 Å². The van der Waals surface area contributed by atoms with Gasteiger partial charge in [-0.05, 0) is 67.6 Å². The molecule has 3 amide bonds. The minimum absolute atomic E-state index is 0.0751. The van der Waals surface area contributed by atoms with Crippen LogP contribution in [0.5, 0.6) is 0 Å². The Hall–Kier alpha value is -1.26. The zero-order valence-electron chi connectivity index (χ0n) is 14.4. The molecular weight excluding hydrogens is 290 g/mol. The largest absolute Gasteiger partial charge is 0.354 e. The summed E-state index contributed by atoms with van der Waals surface area (Å²) < 4.78 is 0. The molecule has 23 heavy (non-hydrogen) atoms. The number of hydrogen-bond donors (Lipinski definition) is 3. The van der Waals surface area contributed by atoms with Crippen molar-refractivity contribution in [2.45, 2.75) is 64.8 Å². The first-order valence-electron chi connectivity index (χ1n) is 9.24. The first-order valence-corrected chi connectivity index (χ1v) is 9.24. The number of rotatable bonds is 6. The van der Waals surface area contributed by atoms with Gasteiger partial charge in [0.2, 0.25) is 5.91 Å². The lowest BCUT2D eigenvalue weighted by atomic mass is 9.49. The van der Waals surface area contributed by atoms with E-state index in [2.05, 4.69) is 10.6 Å². The minimum Gasteiger partial charge on any atom is -0.354 e. The van der Waals surface area contributed by atoms with Crippen molar-refractivity contribution in [2.24, 2.45) is 34.8 Å². The number of primary amides is 1. The van der Waals surface area contributed by atoms with E-state index in [1.54, 1.807) is 0 Å². The SMILES string of the molecule is CCC(C)C(NC(N)=O)C(=O)NCC12CC3CC(CC(C3)C1)C2. The second kappa shape index (κ2) is 6.33. The summed E-state index contributed by atoms with van der Waals surface area (Å²) in [5.41, 5.74) is 5.55. The van der Waals surface area contributed by atoms with Crippen LogP contribution in [0.1, 0.15) is 58.8 Å². The highest BCUT2D eigenvalue weighted by Crippen LogP contribution is 2.59. The lowest BCUT2D eigenvalue weighted by Gasteiger charge is -2.57. The van der Waals surface area contributed by atoms with Crippen LogP contribution in [0.25, 0.3) is 0 Å². The van der Waals surface area contributed by atoms with Crippen molar-refractivity contribution in [2.75, 3.05) is 6.54 Å². The summed E-state index contributed by atoms with van der Waals surface area (Å²) >= 11 is 0. The van der Waals surface area contributed by atoms with Crippen molar-refractivity contribution in [3.8, 4) is 0 Å². The van der Waals surface area contributed by atoms with Gasteiger partial charge in [-0.3, -0.25) is 4.79 Å². The lowest BCUT2D eigenvalue weighted by Crippen LogP contribution is -2.56. The molecule has 0 spiro atoms. The van der Waals surface area contributed by atoms with E-state index in [0.717, 1.165) is 30.7 Å². The molecule has 130 valence electrons. The summed E-state index contributed by atoms with van der Waals surface area (Å²) in [6.45, 7) is 4.76. The predicted molar refractivity (Wildman–Crippen MR) is 89.6 cm³/mol. The third-order valence-corrected chi connectivity index (χ3v) is 6.60. The average molecular weight is 321 g/mol. The van der Waals surface area contributed by atoms with Gasteiger partial charge in [0, 0.05) is 6.54 Å². The smallest absolute Gasteiger partial charge is 0.312 e. The Morgan fingerprint density at radius 2 is 1.65 bits per heavy atom. The molecule has 2 atom stereocenters. The number of carbonyl (C=O) groups excluding carboxylic acids is 2. The van der Waals surface area contributed by atoms with Gasteiger partial charge in [-0.2, -0.15) is 0 Å². The maximum atomic E-state index is 12.6. The third-order valence-electron chi connectivity index (χ3n) is 6.60. The minimum atomic E-state index is -0.625. The quantitative estimate of drug-likeness (QED) is 0.702. The van der Waals surface area contributed by atoms with Crippen LogP contribution in [-0.2, 0) is 4.79 Å². The second-order valence-electron chi connectivity index (χ2n) is 8.51. The zero-order chi connectivity index (χ0) is 16.6. The number of amides is 3. The number of nitrogens with one attached hydrogen (secondary N) is 2. The molecule has 0 aliphatic heterocycles. The van der Waals surface area contributed by atoms with Gasteiger partial charge >= 0.3 is 6.03 Å². The van der Waals surface area contributed by atoms with E-state index < -0.39 is 12.1 Å². The molecule has 0 saturated heterocycles. The number of carbonyl (C=O) groups is 2. The van der Waals surface area contributed by atoms with Gasteiger partial charge in [-0.25, -0.2) is 4.79 Å². The van der Waals surface area contributed by atoms with E-state index in [4.69, 9.17) is 5.73 Å². The Balaban J connectivity index is 1.60. The van der Waals surface area contributed by atoms with Crippen LogP contribution in [0, 0.1) is 29.1 Å². The summed E-state index contributed by atoms with van der Waals surface area (Å²) in [4.78, 5) is 23.8. The molecule has 4 saturated carbocycles. The Morgan fingerprint density at radius 3 is 2.09 bits per heavy atom. The first kappa shape index (κ1) is 16.6. The molecule has 4 aliphatic carbocycles. The highest BCUT2D eigenvalue weighted by atomic mass is 16.2. The topological polar surface area (TPSA) is 84.2 Å². The molecule has 4 aliphatic rings. The predicted octanol–water partition coefficient (Wildman–Crippen LogP) is 2.40. The average Bonchev–Trinajstić information content (AvgIpc) is 2.48. The Kier molecular flexibility index (Phi) is 4.56. The van der Waals surface area contributed by atoms with E-state index in [1.807, 2.05) is 13.8 Å². The Labute approximate surface area is 139 Å². The molecule has 0 aromatic heterocycles. The van der Waals surface area contributed by atoms with E-state index in [-0.39, 0.29) is 11.8 Å². The Morgan fingerprint density at radius 1 is 1.13 bits per heavy atom.